The van der Waals surface area contributed by atoms with E-state index in [0.29, 0.717) is 6.07 Å². The van der Waals surface area contributed by atoms with Crippen LogP contribution in [-0.2, 0) is 21.0 Å². The van der Waals surface area contributed by atoms with Crippen LogP contribution in [0.2, 0.25) is 0 Å². The van der Waals surface area contributed by atoms with Crippen molar-refractivity contribution in [2.75, 3.05) is 11.9 Å². The highest BCUT2D eigenvalue weighted by Gasteiger charge is 2.36. The van der Waals surface area contributed by atoms with Crippen molar-refractivity contribution in [3.05, 3.63) is 59.9 Å². The van der Waals surface area contributed by atoms with Crippen LogP contribution in [0, 0.1) is 5.82 Å². The van der Waals surface area contributed by atoms with Gasteiger partial charge in [-0.15, -0.1) is 0 Å². The Labute approximate surface area is 140 Å². The predicted octanol–water partition coefficient (Wildman–Crippen LogP) is 2.76. The maximum atomic E-state index is 13.0. The smallest absolute Gasteiger partial charge is 0.325 e. The number of rotatable bonds is 5. The van der Waals surface area contributed by atoms with E-state index in [4.69, 9.17) is 0 Å². The van der Waals surface area contributed by atoms with E-state index in [9.17, 15) is 30.8 Å². The molecule has 0 atom stereocenters. The third-order valence-electron chi connectivity index (χ3n) is 3.01. The van der Waals surface area contributed by atoms with Crippen LogP contribution in [0.4, 0.5) is 23.2 Å². The predicted molar refractivity (Wildman–Crippen MR) is 81.7 cm³/mol. The fourth-order valence-corrected chi connectivity index (χ4v) is 3.15. The minimum absolute atomic E-state index is 0.0832. The molecule has 0 unspecified atom stereocenters. The van der Waals surface area contributed by atoms with Crippen molar-refractivity contribution in [3.8, 4) is 0 Å². The average molecular weight is 376 g/mol. The Morgan fingerprint density at radius 3 is 2.36 bits per heavy atom. The molecule has 0 heterocycles. The van der Waals surface area contributed by atoms with E-state index in [1.165, 1.54) is 12.1 Å². The molecule has 0 aliphatic rings. The zero-order valence-corrected chi connectivity index (χ0v) is 13.3. The number of hydrogen-bond donors (Lipinski definition) is 2. The summed E-state index contributed by atoms with van der Waals surface area (Å²) in [5.41, 5.74) is -1.26. The molecule has 2 aromatic rings. The summed E-state index contributed by atoms with van der Waals surface area (Å²) >= 11 is 0. The summed E-state index contributed by atoms with van der Waals surface area (Å²) in [4.78, 5) is 10.7. The van der Waals surface area contributed by atoms with Crippen molar-refractivity contribution < 1.29 is 30.8 Å². The highest BCUT2D eigenvalue weighted by Crippen LogP contribution is 2.33. The number of amides is 1. The van der Waals surface area contributed by atoms with Crippen LogP contribution >= 0.6 is 0 Å². The summed E-state index contributed by atoms with van der Waals surface area (Å²) in [7, 11) is -4.57. The average Bonchev–Trinajstić information content (AvgIpc) is 2.52. The molecular formula is C15H12F4N2O3S. The molecule has 2 aromatic carbocycles. The van der Waals surface area contributed by atoms with Crippen molar-refractivity contribution in [3.63, 3.8) is 0 Å². The van der Waals surface area contributed by atoms with Gasteiger partial charge in [-0.3, -0.25) is 4.79 Å². The minimum Gasteiger partial charge on any atom is -0.325 e. The van der Waals surface area contributed by atoms with Crippen molar-refractivity contribution in [2.45, 2.75) is 11.1 Å². The number of carbonyl (C=O) groups excluding carboxylic acids is 1. The summed E-state index contributed by atoms with van der Waals surface area (Å²) in [6, 6.07) is 8.45. The zero-order chi connectivity index (χ0) is 18.7. The highest BCUT2D eigenvalue weighted by atomic mass is 32.2. The first-order chi connectivity index (χ1) is 11.6. The number of halogens is 4. The van der Waals surface area contributed by atoms with Crippen molar-refractivity contribution >= 4 is 21.6 Å². The maximum absolute atomic E-state index is 13.0. The largest absolute Gasteiger partial charge is 0.417 e. The molecule has 0 aliphatic heterocycles. The Hall–Kier alpha value is -2.46. The molecule has 5 nitrogen and oxygen atoms in total. The van der Waals surface area contributed by atoms with Crippen molar-refractivity contribution in [1.82, 2.24) is 4.72 Å². The van der Waals surface area contributed by atoms with Gasteiger partial charge in [-0.2, -0.15) is 13.2 Å². The molecule has 134 valence electrons. The van der Waals surface area contributed by atoms with Gasteiger partial charge >= 0.3 is 6.18 Å². The second-order valence-corrected chi connectivity index (χ2v) is 6.61. The molecule has 0 saturated carbocycles. The van der Waals surface area contributed by atoms with Crippen LogP contribution in [0.3, 0.4) is 0 Å². The molecular weight excluding hydrogens is 364 g/mol. The molecule has 0 aliphatic carbocycles. The highest BCUT2D eigenvalue weighted by molar-refractivity contribution is 7.89. The summed E-state index contributed by atoms with van der Waals surface area (Å²) in [5.74, 6) is -1.48. The molecule has 25 heavy (non-hydrogen) atoms. The number of carbonyl (C=O) groups is 1. The van der Waals surface area contributed by atoms with Gasteiger partial charge in [0.25, 0.3) is 0 Å². The topological polar surface area (TPSA) is 75.3 Å². The van der Waals surface area contributed by atoms with Crippen LogP contribution in [-0.4, -0.2) is 20.9 Å². The summed E-state index contributed by atoms with van der Waals surface area (Å²) in [6.07, 6.45) is -4.87. The van der Waals surface area contributed by atoms with E-state index in [-0.39, 0.29) is 5.69 Å². The zero-order valence-electron chi connectivity index (χ0n) is 12.5. The fourth-order valence-electron chi connectivity index (χ4n) is 1.94. The lowest BCUT2D eigenvalue weighted by molar-refractivity contribution is -0.139. The molecule has 2 N–H and O–H groups in total. The van der Waals surface area contributed by atoms with Gasteiger partial charge in [0.05, 0.1) is 17.0 Å². The van der Waals surface area contributed by atoms with Gasteiger partial charge < -0.3 is 5.32 Å². The molecule has 0 saturated heterocycles. The Kier molecular flexibility index (Phi) is 5.43. The Morgan fingerprint density at radius 2 is 1.72 bits per heavy atom. The lowest BCUT2D eigenvalue weighted by Gasteiger charge is -2.13. The van der Waals surface area contributed by atoms with Crippen LogP contribution < -0.4 is 10.0 Å². The summed E-state index contributed by atoms with van der Waals surface area (Å²) in [5, 5.41) is 2.22. The normalized spacial score (nSPS) is 12.0. The minimum atomic E-state index is -4.87. The van der Waals surface area contributed by atoms with E-state index < -0.39 is 44.9 Å². The van der Waals surface area contributed by atoms with Gasteiger partial charge in [0.1, 0.15) is 5.82 Å². The van der Waals surface area contributed by atoms with Crippen LogP contribution in [0.15, 0.2) is 53.4 Å². The van der Waals surface area contributed by atoms with Crippen LogP contribution in [0.1, 0.15) is 5.56 Å². The van der Waals surface area contributed by atoms with Gasteiger partial charge in [0, 0.05) is 5.69 Å². The lowest BCUT2D eigenvalue weighted by Crippen LogP contribution is -2.34. The van der Waals surface area contributed by atoms with Gasteiger partial charge in [-0.05, 0) is 30.3 Å². The van der Waals surface area contributed by atoms with Crippen molar-refractivity contribution in [1.29, 1.82) is 0 Å². The quantitative estimate of drug-likeness (QED) is 0.788. The Morgan fingerprint density at radius 1 is 1.04 bits per heavy atom. The standard InChI is InChI=1S/C15H12F4N2O3S/c16-10-4-3-5-11(8-10)21-14(22)9-20-25(23,24)13-7-2-1-6-12(13)15(17,18)19/h1-8,20H,9H2,(H,21,22). The van der Waals surface area contributed by atoms with E-state index in [1.54, 1.807) is 4.72 Å². The molecule has 0 radical (unpaired) electrons. The van der Waals surface area contributed by atoms with E-state index in [0.717, 1.165) is 30.3 Å². The van der Waals surface area contributed by atoms with Crippen LogP contribution in [0.25, 0.3) is 0 Å². The first kappa shape index (κ1) is 18.9. The fraction of sp³-hybridized carbons (Fsp3) is 0.133. The first-order valence-electron chi connectivity index (χ1n) is 6.81. The molecule has 0 aromatic heterocycles. The number of sulfonamides is 1. The maximum Gasteiger partial charge on any atom is 0.417 e. The first-order valence-corrected chi connectivity index (χ1v) is 8.29. The van der Waals surface area contributed by atoms with Gasteiger partial charge in [-0.1, -0.05) is 18.2 Å². The Balaban J connectivity index is 2.11. The summed E-state index contributed by atoms with van der Waals surface area (Å²) < 4.78 is 77.6. The number of nitrogens with one attached hydrogen (secondary N) is 2. The monoisotopic (exact) mass is 376 g/mol. The van der Waals surface area contributed by atoms with Gasteiger partial charge in [0.15, 0.2) is 0 Å². The van der Waals surface area contributed by atoms with E-state index >= 15 is 0 Å². The summed E-state index contributed by atoms with van der Waals surface area (Å²) in [6.45, 7) is -0.814. The molecule has 0 bridgehead atoms. The second-order valence-electron chi connectivity index (χ2n) is 4.88. The van der Waals surface area contributed by atoms with E-state index in [1.807, 2.05) is 0 Å². The molecule has 2 rings (SSSR count). The molecule has 0 fully saturated rings. The molecule has 10 heteroatoms. The number of alkyl halides is 3. The number of hydrogen-bond acceptors (Lipinski definition) is 3. The molecule has 1 amide bonds. The van der Waals surface area contributed by atoms with Gasteiger partial charge in [0.2, 0.25) is 15.9 Å². The van der Waals surface area contributed by atoms with Crippen molar-refractivity contribution in [2.24, 2.45) is 0 Å². The number of anilines is 1. The third-order valence-corrected chi connectivity index (χ3v) is 4.47. The van der Waals surface area contributed by atoms with Crippen LogP contribution in [0.5, 0.6) is 0 Å². The Bertz CT molecular complexity index is 882. The number of benzene rings is 2. The molecule has 0 spiro atoms. The second kappa shape index (κ2) is 7.19. The third kappa shape index (κ3) is 5.00. The SMILES string of the molecule is O=C(CNS(=O)(=O)c1ccccc1C(F)(F)F)Nc1cccc(F)c1. The van der Waals surface area contributed by atoms with E-state index in [2.05, 4.69) is 5.32 Å². The van der Waals surface area contributed by atoms with Gasteiger partial charge in [-0.25, -0.2) is 17.5 Å². The lowest BCUT2D eigenvalue weighted by atomic mass is 10.2.